The van der Waals surface area contributed by atoms with Crippen LogP contribution in [-0.4, -0.2) is 70.3 Å². The Morgan fingerprint density at radius 3 is 2.78 bits per heavy atom. The van der Waals surface area contributed by atoms with Gasteiger partial charge in [0, 0.05) is 19.1 Å². The van der Waals surface area contributed by atoms with Crippen molar-refractivity contribution in [3.8, 4) is 0 Å². The van der Waals surface area contributed by atoms with E-state index in [9.17, 15) is 14.4 Å². The molecule has 3 N–H and O–H groups in total. The maximum absolute atomic E-state index is 13.1. The van der Waals surface area contributed by atoms with Crippen LogP contribution in [0.1, 0.15) is 36.0 Å². The molecule has 2 aliphatic heterocycles. The Balaban J connectivity index is 1.46. The smallest absolute Gasteiger partial charge is 0.323 e. The number of aromatic nitrogens is 2. The summed E-state index contributed by atoms with van der Waals surface area (Å²) in [6.45, 7) is 2.08. The lowest BCUT2D eigenvalue weighted by Gasteiger charge is -2.26. The van der Waals surface area contributed by atoms with Gasteiger partial charge in [0.25, 0.3) is 5.91 Å². The van der Waals surface area contributed by atoms with Gasteiger partial charge in [-0.25, -0.2) is 4.79 Å². The first-order chi connectivity index (χ1) is 13.0. The number of benzene rings is 1. The van der Waals surface area contributed by atoms with Crippen molar-refractivity contribution >= 4 is 22.8 Å². The van der Waals surface area contributed by atoms with Gasteiger partial charge >= 0.3 is 5.69 Å². The fraction of sp³-hybridized carbons (Fsp3) is 0.526. The number of carbonyl (C=O) groups is 2. The second kappa shape index (κ2) is 7.19. The standard InChI is InChI=1S/C19H25N5O3/c1-23-9-4-8-15(23)17(25)20-11-12-5-3-10-24(12)18(26)13-6-2-7-14-16(13)22-19(27)21-14/h2,6-7,12,15H,3-5,8-11H2,1H3,(H,20,25)(H2,21,22,27)/t12-,15-/m1/s1. The molecular formula is C19H25N5O3. The largest absolute Gasteiger partial charge is 0.353 e. The van der Waals surface area contributed by atoms with E-state index in [1.54, 1.807) is 18.2 Å². The molecule has 0 saturated carbocycles. The summed E-state index contributed by atoms with van der Waals surface area (Å²) in [5.41, 5.74) is 1.32. The SMILES string of the molecule is CN1CCC[C@@H]1C(=O)NC[C@H]1CCCN1C(=O)c1cccc2[nH]c(=O)[nH]c12. The Kier molecular flexibility index (Phi) is 4.73. The molecule has 2 aromatic rings. The van der Waals surface area contributed by atoms with Gasteiger partial charge in [0.1, 0.15) is 0 Å². The van der Waals surface area contributed by atoms with Gasteiger partial charge in [0.2, 0.25) is 5.91 Å². The molecule has 8 heteroatoms. The number of likely N-dealkylation sites (tertiary alicyclic amines) is 2. The number of H-pyrrole nitrogens is 2. The van der Waals surface area contributed by atoms with Crippen molar-refractivity contribution in [1.29, 1.82) is 0 Å². The fourth-order valence-electron chi connectivity index (χ4n) is 4.28. The third-order valence-corrected chi connectivity index (χ3v) is 5.75. The summed E-state index contributed by atoms with van der Waals surface area (Å²) < 4.78 is 0. The molecule has 0 aliphatic carbocycles. The number of hydrogen-bond donors (Lipinski definition) is 3. The molecule has 0 spiro atoms. The number of carbonyl (C=O) groups excluding carboxylic acids is 2. The van der Waals surface area contributed by atoms with E-state index >= 15 is 0 Å². The van der Waals surface area contributed by atoms with Gasteiger partial charge in [-0.15, -0.1) is 0 Å². The first kappa shape index (κ1) is 17.8. The third-order valence-electron chi connectivity index (χ3n) is 5.75. The minimum atomic E-state index is -0.323. The molecule has 1 aromatic carbocycles. The highest BCUT2D eigenvalue weighted by atomic mass is 16.2. The highest BCUT2D eigenvalue weighted by molar-refractivity contribution is 6.05. The maximum atomic E-state index is 13.1. The Bertz CT molecular complexity index is 917. The zero-order valence-electron chi connectivity index (χ0n) is 15.5. The Morgan fingerprint density at radius 1 is 1.19 bits per heavy atom. The van der Waals surface area contributed by atoms with E-state index in [2.05, 4.69) is 20.2 Å². The number of nitrogens with one attached hydrogen (secondary N) is 3. The number of fused-ring (bicyclic) bond motifs is 1. The lowest BCUT2D eigenvalue weighted by atomic mass is 10.1. The van der Waals surface area contributed by atoms with E-state index < -0.39 is 0 Å². The lowest BCUT2D eigenvalue weighted by Crippen LogP contribution is -2.47. The molecule has 2 amide bonds. The summed E-state index contributed by atoms with van der Waals surface area (Å²) in [7, 11) is 1.97. The average Bonchev–Trinajstić information content (AvgIpc) is 3.37. The molecule has 27 heavy (non-hydrogen) atoms. The highest BCUT2D eigenvalue weighted by Crippen LogP contribution is 2.23. The predicted molar refractivity (Wildman–Crippen MR) is 102 cm³/mol. The average molecular weight is 371 g/mol. The van der Waals surface area contributed by atoms with Crippen molar-refractivity contribution in [2.24, 2.45) is 0 Å². The number of likely N-dealkylation sites (N-methyl/N-ethyl adjacent to an activating group) is 1. The first-order valence-electron chi connectivity index (χ1n) is 9.54. The summed E-state index contributed by atoms with van der Waals surface area (Å²) in [5, 5.41) is 3.04. The molecule has 4 rings (SSSR count). The number of hydrogen-bond acceptors (Lipinski definition) is 4. The molecule has 2 saturated heterocycles. The van der Waals surface area contributed by atoms with Crippen molar-refractivity contribution in [1.82, 2.24) is 25.1 Å². The van der Waals surface area contributed by atoms with Gasteiger partial charge in [-0.05, 0) is 51.4 Å². The maximum Gasteiger partial charge on any atom is 0.323 e. The van der Waals surface area contributed by atoms with Gasteiger partial charge in [0.05, 0.1) is 22.6 Å². The van der Waals surface area contributed by atoms with E-state index in [1.165, 1.54) is 0 Å². The Hall–Kier alpha value is -2.61. The normalized spacial score (nSPS) is 23.2. The molecule has 2 aliphatic rings. The Labute approximate surface area is 156 Å². The molecule has 8 nitrogen and oxygen atoms in total. The van der Waals surface area contributed by atoms with Gasteiger partial charge in [0.15, 0.2) is 0 Å². The van der Waals surface area contributed by atoms with E-state index in [1.807, 2.05) is 11.9 Å². The molecule has 1 aromatic heterocycles. The number of aromatic amines is 2. The number of nitrogens with zero attached hydrogens (tertiary/aromatic N) is 2. The highest BCUT2D eigenvalue weighted by Gasteiger charge is 2.32. The minimum absolute atomic E-state index is 0.0194. The monoisotopic (exact) mass is 371 g/mol. The summed E-state index contributed by atoms with van der Waals surface area (Å²) in [6, 6.07) is 5.19. The summed E-state index contributed by atoms with van der Waals surface area (Å²) in [4.78, 5) is 46.4. The van der Waals surface area contributed by atoms with Crippen LogP contribution in [0.2, 0.25) is 0 Å². The van der Waals surface area contributed by atoms with Crippen LogP contribution in [0.4, 0.5) is 0 Å². The van der Waals surface area contributed by atoms with Crippen molar-refractivity contribution in [3.63, 3.8) is 0 Å². The van der Waals surface area contributed by atoms with E-state index in [4.69, 9.17) is 0 Å². The second-order valence-corrected chi connectivity index (χ2v) is 7.49. The minimum Gasteiger partial charge on any atom is -0.353 e. The molecule has 0 radical (unpaired) electrons. The number of imidazole rings is 1. The second-order valence-electron chi connectivity index (χ2n) is 7.49. The summed E-state index contributed by atoms with van der Waals surface area (Å²) >= 11 is 0. The van der Waals surface area contributed by atoms with Gasteiger partial charge in [-0.3, -0.25) is 14.5 Å². The van der Waals surface area contributed by atoms with Crippen LogP contribution in [0, 0.1) is 0 Å². The van der Waals surface area contributed by atoms with Crippen LogP contribution in [0.15, 0.2) is 23.0 Å². The van der Waals surface area contributed by atoms with E-state index in [0.717, 1.165) is 32.2 Å². The van der Waals surface area contributed by atoms with Gasteiger partial charge in [-0.2, -0.15) is 0 Å². The van der Waals surface area contributed by atoms with Crippen LogP contribution in [0.3, 0.4) is 0 Å². The molecule has 2 atom stereocenters. The first-order valence-corrected chi connectivity index (χ1v) is 9.54. The number of para-hydroxylation sites is 1. The molecule has 0 bridgehead atoms. The quantitative estimate of drug-likeness (QED) is 0.735. The molecule has 2 fully saturated rings. The topological polar surface area (TPSA) is 101 Å². The summed E-state index contributed by atoms with van der Waals surface area (Å²) in [6.07, 6.45) is 3.71. The van der Waals surface area contributed by atoms with Crippen LogP contribution in [-0.2, 0) is 4.79 Å². The summed E-state index contributed by atoms with van der Waals surface area (Å²) in [5.74, 6) is -0.0584. The van der Waals surface area contributed by atoms with Crippen LogP contribution < -0.4 is 11.0 Å². The van der Waals surface area contributed by atoms with Gasteiger partial charge in [-0.1, -0.05) is 6.07 Å². The van der Waals surface area contributed by atoms with Crippen molar-refractivity contribution in [3.05, 3.63) is 34.2 Å². The van der Waals surface area contributed by atoms with Gasteiger partial charge < -0.3 is 20.2 Å². The number of rotatable bonds is 4. The van der Waals surface area contributed by atoms with Crippen molar-refractivity contribution in [2.45, 2.75) is 37.8 Å². The zero-order chi connectivity index (χ0) is 19.0. The Morgan fingerprint density at radius 2 is 2.00 bits per heavy atom. The third kappa shape index (κ3) is 3.37. The van der Waals surface area contributed by atoms with Crippen LogP contribution in [0.25, 0.3) is 11.0 Å². The van der Waals surface area contributed by atoms with Crippen LogP contribution in [0.5, 0.6) is 0 Å². The zero-order valence-corrected chi connectivity index (χ0v) is 15.5. The molecule has 3 heterocycles. The molecule has 144 valence electrons. The van der Waals surface area contributed by atoms with Crippen LogP contribution >= 0.6 is 0 Å². The predicted octanol–water partition coefficient (Wildman–Crippen LogP) is 0.671. The van der Waals surface area contributed by atoms with E-state index in [-0.39, 0.29) is 29.6 Å². The molecular weight excluding hydrogens is 346 g/mol. The lowest BCUT2D eigenvalue weighted by molar-refractivity contribution is -0.125. The fourth-order valence-corrected chi connectivity index (χ4v) is 4.28. The van der Waals surface area contributed by atoms with Crippen molar-refractivity contribution in [2.75, 3.05) is 26.7 Å². The number of amides is 2. The van der Waals surface area contributed by atoms with E-state index in [0.29, 0.717) is 29.7 Å². The van der Waals surface area contributed by atoms with Crippen molar-refractivity contribution < 1.29 is 9.59 Å². The molecule has 0 unspecified atom stereocenters.